The van der Waals surface area contributed by atoms with Gasteiger partial charge in [-0.3, -0.25) is 9.80 Å². The summed E-state index contributed by atoms with van der Waals surface area (Å²) >= 11 is 0. The number of nitrogens with zero attached hydrogens (tertiary/aromatic N) is 3. The summed E-state index contributed by atoms with van der Waals surface area (Å²) < 4.78 is 0. The van der Waals surface area contributed by atoms with Gasteiger partial charge in [0.2, 0.25) is 0 Å². The largest absolute Gasteiger partial charge is 0.329 e. The van der Waals surface area contributed by atoms with Crippen LogP contribution in [0.2, 0.25) is 0 Å². The van der Waals surface area contributed by atoms with E-state index in [9.17, 15) is 0 Å². The number of likely N-dealkylation sites (N-methyl/N-ethyl adjacent to an activating group) is 1. The molecule has 0 amide bonds. The maximum atomic E-state index is 6.23. The van der Waals surface area contributed by atoms with Crippen molar-refractivity contribution < 1.29 is 0 Å². The molecule has 1 unspecified atom stereocenters. The Balaban J connectivity index is 2.12. The summed E-state index contributed by atoms with van der Waals surface area (Å²) in [7, 11) is 4.48. The molecule has 2 aliphatic heterocycles. The van der Waals surface area contributed by atoms with Gasteiger partial charge in [0.15, 0.2) is 0 Å². The van der Waals surface area contributed by atoms with Crippen LogP contribution in [0.3, 0.4) is 0 Å². The lowest BCUT2D eigenvalue weighted by atomic mass is 9.85. The highest BCUT2D eigenvalue weighted by molar-refractivity contribution is 5.00. The Morgan fingerprint density at radius 2 is 1.74 bits per heavy atom. The molecule has 2 rings (SSSR count). The van der Waals surface area contributed by atoms with Crippen LogP contribution in [-0.2, 0) is 0 Å². The maximum Gasteiger partial charge on any atom is 0.0345 e. The molecule has 2 fully saturated rings. The molecule has 0 bridgehead atoms. The van der Waals surface area contributed by atoms with Gasteiger partial charge in [-0.1, -0.05) is 0 Å². The van der Waals surface area contributed by atoms with Crippen LogP contribution < -0.4 is 5.73 Å². The molecule has 2 saturated heterocycles. The molecule has 0 aromatic heterocycles. The van der Waals surface area contributed by atoms with Gasteiger partial charge in [0.1, 0.15) is 0 Å². The van der Waals surface area contributed by atoms with Crippen molar-refractivity contribution in [3.63, 3.8) is 0 Å². The Bertz CT molecular complexity index is 305. The number of hydrogen-bond donors (Lipinski definition) is 1. The average molecular weight is 268 g/mol. The molecule has 2 heterocycles. The van der Waals surface area contributed by atoms with Gasteiger partial charge in [-0.25, -0.2) is 0 Å². The zero-order chi connectivity index (χ0) is 14.1. The van der Waals surface area contributed by atoms with E-state index >= 15 is 0 Å². The van der Waals surface area contributed by atoms with Crippen LogP contribution >= 0.6 is 0 Å². The van der Waals surface area contributed by atoms with E-state index in [1.807, 2.05) is 0 Å². The first-order chi connectivity index (χ1) is 8.89. The first-order valence-electron chi connectivity index (χ1n) is 7.75. The Kier molecular flexibility index (Phi) is 4.56. The molecule has 0 saturated carbocycles. The van der Waals surface area contributed by atoms with Crippen molar-refractivity contribution >= 4 is 0 Å². The van der Waals surface area contributed by atoms with E-state index in [0.29, 0.717) is 0 Å². The van der Waals surface area contributed by atoms with Gasteiger partial charge < -0.3 is 10.6 Å². The van der Waals surface area contributed by atoms with Gasteiger partial charge in [-0.2, -0.15) is 0 Å². The van der Waals surface area contributed by atoms with Gasteiger partial charge in [-0.05, 0) is 60.3 Å². The highest BCUT2D eigenvalue weighted by Gasteiger charge is 2.42. The van der Waals surface area contributed by atoms with Crippen molar-refractivity contribution in [1.29, 1.82) is 0 Å². The first kappa shape index (κ1) is 15.2. The van der Waals surface area contributed by atoms with E-state index in [4.69, 9.17) is 5.73 Å². The Hall–Kier alpha value is -0.160. The SMILES string of the molecule is CN1CCCC(CN)(N2CCN(C)C(C)(C)C2)CC1. The highest BCUT2D eigenvalue weighted by atomic mass is 15.3. The van der Waals surface area contributed by atoms with E-state index in [1.54, 1.807) is 0 Å². The summed E-state index contributed by atoms with van der Waals surface area (Å²) in [6.07, 6.45) is 3.76. The molecule has 2 aliphatic rings. The van der Waals surface area contributed by atoms with Crippen molar-refractivity contribution in [3.05, 3.63) is 0 Å². The van der Waals surface area contributed by atoms with Gasteiger partial charge in [0, 0.05) is 37.3 Å². The van der Waals surface area contributed by atoms with Gasteiger partial charge in [-0.15, -0.1) is 0 Å². The van der Waals surface area contributed by atoms with Crippen LogP contribution in [0.25, 0.3) is 0 Å². The first-order valence-corrected chi connectivity index (χ1v) is 7.75. The summed E-state index contributed by atoms with van der Waals surface area (Å²) in [4.78, 5) is 7.64. The molecule has 4 nitrogen and oxygen atoms in total. The third-order valence-electron chi connectivity index (χ3n) is 5.51. The summed E-state index contributed by atoms with van der Waals surface area (Å²) in [5.74, 6) is 0. The van der Waals surface area contributed by atoms with Crippen LogP contribution in [0.4, 0.5) is 0 Å². The Morgan fingerprint density at radius 3 is 2.37 bits per heavy atom. The van der Waals surface area contributed by atoms with E-state index in [-0.39, 0.29) is 11.1 Å². The second-order valence-corrected chi connectivity index (χ2v) is 7.24. The summed E-state index contributed by atoms with van der Waals surface area (Å²) in [5, 5.41) is 0. The lowest BCUT2D eigenvalue weighted by Crippen LogP contribution is -2.65. The Morgan fingerprint density at radius 1 is 1.00 bits per heavy atom. The fourth-order valence-corrected chi connectivity index (χ4v) is 3.61. The minimum absolute atomic E-state index is 0.239. The minimum atomic E-state index is 0.239. The van der Waals surface area contributed by atoms with Crippen LogP contribution in [0, 0.1) is 0 Å². The standard InChI is InChI=1S/C15H32N4/c1-14(2)13-19(11-10-18(14)4)15(12-16)6-5-8-17(3)9-7-15/h5-13,16H2,1-4H3. The average Bonchev–Trinajstić information content (AvgIpc) is 2.55. The molecule has 1 atom stereocenters. The summed E-state index contributed by atoms with van der Waals surface area (Å²) in [5.41, 5.74) is 6.74. The zero-order valence-corrected chi connectivity index (χ0v) is 13.3. The van der Waals surface area contributed by atoms with E-state index in [0.717, 1.165) is 19.6 Å². The van der Waals surface area contributed by atoms with E-state index < -0.39 is 0 Å². The van der Waals surface area contributed by atoms with Crippen molar-refractivity contribution in [3.8, 4) is 0 Å². The molecule has 0 aliphatic carbocycles. The molecular formula is C15H32N4. The molecule has 0 spiro atoms. The number of hydrogen-bond acceptors (Lipinski definition) is 4. The second kappa shape index (κ2) is 5.68. The molecule has 0 aromatic carbocycles. The fraction of sp³-hybridized carbons (Fsp3) is 1.00. The Labute approximate surface area is 118 Å². The van der Waals surface area contributed by atoms with Crippen molar-refractivity contribution in [2.24, 2.45) is 5.73 Å². The van der Waals surface area contributed by atoms with Crippen molar-refractivity contribution in [1.82, 2.24) is 14.7 Å². The fourth-order valence-electron chi connectivity index (χ4n) is 3.61. The van der Waals surface area contributed by atoms with Crippen LogP contribution in [-0.4, -0.2) is 79.1 Å². The monoisotopic (exact) mass is 268 g/mol. The third-order valence-corrected chi connectivity index (χ3v) is 5.51. The van der Waals surface area contributed by atoms with Gasteiger partial charge in [0.25, 0.3) is 0 Å². The molecular weight excluding hydrogens is 236 g/mol. The van der Waals surface area contributed by atoms with Crippen molar-refractivity contribution in [2.45, 2.75) is 44.2 Å². The summed E-state index contributed by atoms with van der Waals surface area (Å²) in [6, 6.07) is 0. The van der Waals surface area contributed by atoms with Crippen molar-refractivity contribution in [2.75, 3.05) is 53.4 Å². The molecule has 0 radical (unpaired) electrons. The minimum Gasteiger partial charge on any atom is -0.329 e. The quantitative estimate of drug-likeness (QED) is 0.804. The van der Waals surface area contributed by atoms with Crippen LogP contribution in [0.5, 0.6) is 0 Å². The predicted octanol–water partition coefficient (Wildman–Crippen LogP) is 0.826. The number of piperazine rings is 1. The lowest BCUT2D eigenvalue weighted by Gasteiger charge is -2.53. The zero-order valence-electron chi connectivity index (χ0n) is 13.3. The van der Waals surface area contributed by atoms with E-state index in [2.05, 4.69) is 42.6 Å². The smallest absolute Gasteiger partial charge is 0.0345 e. The number of nitrogens with two attached hydrogens (primary N) is 1. The van der Waals surface area contributed by atoms with Crippen LogP contribution in [0.1, 0.15) is 33.1 Å². The summed E-state index contributed by atoms with van der Waals surface area (Å²) in [6.45, 7) is 11.4. The lowest BCUT2D eigenvalue weighted by molar-refractivity contribution is -0.0276. The topological polar surface area (TPSA) is 35.7 Å². The van der Waals surface area contributed by atoms with Crippen LogP contribution in [0.15, 0.2) is 0 Å². The number of likely N-dealkylation sites (tertiary alicyclic amines) is 1. The van der Waals surface area contributed by atoms with Gasteiger partial charge in [0.05, 0.1) is 0 Å². The van der Waals surface area contributed by atoms with E-state index in [1.165, 1.54) is 38.9 Å². The number of rotatable bonds is 2. The molecule has 19 heavy (non-hydrogen) atoms. The second-order valence-electron chi connectivity index (χ2n) is 7.24. The molecule has 112 valence electrons. The molecule has 0 aromatic rings. The predicted molar refractivity (Wildman–Crippen MR) is 81.4 cm³/mol. The normalized spacial score (nSPS) is 35.2. The highest BCUT2D eigenvalue weighted by Crippen LogP contribution is 2.32. The third kappa shape index (κ3) is 3.13. The molecule has 4 heteroatoms. The molecule has 2 N–H and O–H groups in total. The van der Waals surface area contributed by atoms with Gasteiger partial charge >= 0.3 is 0 Å². The maximum absolute atomic E-state index is 6.23.